The average molecular weight is 237 g/mol. The molecule has 4 heteroatoms. The highest BCUT2D eigenvalue weighted by molar-refractivity contribution is 5.02. The normalized spacial score (nSPS) is 28.4. The summed E-state index contributed by atoms with van der Waals surface area (Å²) in [7, 11) is 0. The fourth-order valence-electron chi connectivity index (χ4n) is 2.65. The number of aryl methyl sites for hydroxylation is 1. The Bertz CT molecular complexity index is 366. The molecule has 0 bridgehead atoms. The van der Waals surface area contributed by atoms with Gasteiger partial charge < -0.3 is 5.11 Å². The molecule has 0 radical (unpaired) electrons. The van der Waals surface area contributed by atoms with Crippen LogP contribution in [0.15, 0.2) is 6.33 Å². The molecule has 0 atom stereocenters. The molecule has 17 heavy (non-hydrogen) atoms. The lowest BCUT2D eigenvalue weighted by atomic mass is 9.65. The highest BCUT2D eigenvalue weighted by Crippen LogP contribution is 2.43. The third-order valence-electron chi connectivity index (χ3n) is 3.85. The predicted octanol–water partition coefficient (Wildman–Crippen LogP) is 2.03. The predicted molar refractivity (Wildman–Crippen MR) is 66.5 cm³/mol. The van der Waals surface area contributed by atoms with Gasteiger partial charge >= 0.3 is 0 Å². The van der Waals surface area contributed by atoms with Crippen molar-refractivity contribution in [3.05, 3.63) is 12.2 Å². The second kappa shape index (κ2) is 4.77. The van der Waals surface area contributed by atoms with Crippen molar-refractivity contribution >= 4 is 0 Å². The second-order valence-electron chi connectivity index (χ2n) is 5.71. The molecule has 1 saturated carbocycles. The first-order valence-electron chi connectivity index (χ1n) is 6.63. The number of nitrogens with zero attached hydrogens (tertiary/aromatic N) is 3. The van der Waals surface area contributed by atoms with Gasteiger partial charge in [-0.25, -0.2) is 4.98 Å². The molecule has 1 aliphatic rings. The van der Waals surface area contributed by atoms with Crippen LogP contribution in [0.3, 0.4) is 0 Å². The van der Waals surface area contributed by atoms with Crippen LogP contribution in [0.4, 0.5) is 0 Å². The molecule has 1 aromatic rings. The first kappa shape index (κ1) is 12.6. The first-order chi connectivity index (χ1) is 8.04. The summed E-state index contributed by atoms with van der Waals surface area (Å²) in [5.74, 6) is 2.27. The maximum absolute atomic E-state index is 10.4. The van der Waals surface area contributed by atoms with E-state index in [1.165, 1.54) is 0 Å². The summed E-state index contributed by atoms with van der Waals surface area (Å²) in [4.78, 5) is 4.26. The Balaban J connectivity index is 1.95. The number of aliphatic hydroxyl groups is 1. The quantitative estimate of drug-likeness (QED) is 0.852. The van der Waals surface area contributed by atoms with Crippen LogP contribution in [-0.2, 0) is 13.0 Å². The Morgan fingerprint density at radius 3 is 2.82 bits per heavy atom. The highest BCUT2D eigenvalue weighted by atomic mass is 16.3. The Kier molecular flexibility index (Phi) is 3.52. The third kappa shape index (κ3) is 2.68. The third-order valence-corrected chi connectivity index (χ3v) is 3.85. The first-order valence-corrected chi connectivity index (χ1v) is 6.63. The molecule has 96 valence electrons. The molecule has 4 nitrogen and oxygen atoms in total. The number of hydrogen-bond donors (Lipinski definition) is 1. The molecular weight excluding hydrogens is 214 g/mol. The standard InChI is InChI=1S/C13H23N3O/c1-4-5-16-12(14-9-15-16)8-13(17)6-11(7-13)10(2)3/h9-11,17H,4-8H2,1-3H3. The van der Waals surface area contributed by atoms with Crippen molar-refractivity contribution in [2.24, 2.45) is 11.8 Å². The van der Waals surface area contributed by atoms with Crippen LogP contribution in [0.1, 0.15) is 45.9 Å². The molecule has 0 saturated heterocycles. The zero-order chi connectivity index (χ0) is 12.5. The molecule has 0 aliphatic heterocycles. The lowest BCUT2D eigenvalue weighted by Crippen LogP contribution is -2.47. The summed E-state index contributed by atoms with van der Waals surface area (Å²) in [6.07, 6.45) is 5.10. The fraction of sp³-hybridized carbons (Fsp3) is 0.846. The van der Waals surface area contributed by atoms with E-state index in [1.807, 2.05) is 4.68 Å². The molecule has 1 aromatic heterocycles. The van der Waals surface area contributed by atoms with Gasteiger partial charge in [-0.2, -0.15) is 5.10 Å². The van der Waals surface area contributed by atoms with Gasteiger partial charge in [0.15, 0.2) is 0 Å². The molecule has 0 spiro atoms. The summed E-state index contributed by atoms with van der Waals surface area (Å²) in [5.41, 5.74) is -0.534. The van der Waals surface area contributed by atoms with Gasteiger partial charge in [0.25, 0.3) is 0 Å². The van der Waals surface area contributed by atoms with Gasteiger partial charge in [0.2, 0.25) is 0 Å². The molecule has 1 fully saturated rings. The van der Waals surface area contributed by atoms with Gasteiger partial charge in [0.05, 0.1) is 5.60 Å². The Labute approximate surface area is 103 Å². The number of rotatable bonds is 5. The van der Waals surface area contributed by atoms with Crippen molar-refractivity contribution in [2.75, 3.05) is 0 Å². The van der Waals surface area contributed by atoms with E-state index >= 15 is 0 Å². The van der Waals surface area contributed by atoms with Crippen LogP contribution in [0.2, 0.25) is 0 Å². The van der Waals surface area contributed by atoms with Crippen LogP contribution in [0, 0.1) is 11.8 Å². The summed E-state index contributed by atoms with van der Waals surface area (Å²) in [5, 5.41) is 14.6. The topological polar surface area (TPSA) is 50.9 Å². The average Bonchev–Trinajstić information content (AvgIpc) is 2.62. The van der Waals surface area contributed by atoms with E-state index < -0.39 is 5.60 Å². The smallest absolute Gasteiger partial charge is 0.138 e. The van der Waals surface area contributed by atoms with Gasteiger partial charge in [-0.05, 0) is 31.1 Å². The Morgan fingerprint density at radius 2 is 2.24 bits per heavy atom. The highest BCUT2D eigenvalue weighted by Gasteiger charge is 2.44. The molecule has 1 aliphatic carbocycles. The molecule has 0 amide bonds. The van der Waals surface area contributed by atoms with E-state index in [4.69, 9.17) is 0 Å². The lowest BCUT2D eigenvalue weighted by molar-refractivity contribution is -0.0878. The largest absolute Gasteiger partial charge is 0.389 e. The summed E-state index contributed by atoms with van der Waals surface area (Å²) >= 11 is 0. The summed E-state index contributed by atoms with van der Waals surface area (Å²) in [6.45, 7) is 7.46. The molecule has 1 heterocycles. The Hall–Kier alpha value is -0.900. The maximum Gasteiger partial charge on any atom is 0.138 e. The minimum absolute atomic E-state index is 0.534. The van der Waals surface area contributed by atoms with Gasteiger partial charge in [-0.15, -0.1) is 0 Å². The molecule has 0 aromatic carbocycles. The van der Waals surface area contributed by atoms with Crippen molar-refractivity contribution in [1.82, 2.24) is 14.8 Å². The minimum atomic E-state index is -0.534. The summed E-state index contributed by atoms with van der Waals surface area (Å²) in [6, 6.07) is 0. The van der Waals surface area contributed by atoms with E-state index in [9.17, 15) is 5.11 Å². The van der Waals surface area contributed by atoms with E-state index in [0.29, 0.717) is 18.3 Å². The van der Waals surface area contributed by atoms with Crippen LogP contribution >= 0.6 is 0 Å². The molecular formula is C13H23N3O. The van der Waals surface area contributed by atoms with Crippen molar-refractivity contribution in [3.8, 4) is 0 Å². The summed E-state index contributed by atoms with van der Waals surface area (Å²) < 4.78 is 1.92. The van der Waals surface area contributed by atoms with E-state index in [2.05, 4.69) is 30.9 Å². The minimum Gasteiger partial charge on any atom is -0.389 e. The molecule has 0 unspecified atom stereocenters. The maximum atomic E-state index is 10.4. The fourth-order valence-corrected chi connectivity index (χ4v) is 2.65. The lowest BCUT2D eigenvalue weighted by Gasteiger charge is -2.45. The monoisotopic (exact) mass is 237 g/mol. The van der Waals surface area contributed by atoms with Crippen LogP contribution in [0.5, 0.6) is 0 Å². The van der Waals surface area contributed by atoms with Crippen molar-refractivity contribution in [2.45, 2.75) is 58.6 Å². The van der Waals surface area contributed by atoms with Gasteiger partial charge in [-0.3, -0.25) is 4.68 Å². The van der Waals surface area contributed by atoms with Crippen LogP contribution in [-0.4, -0.2) is 25.5 Å². The van der Waals surface area contributed by atoms with Crippen molar-refractivity contribution < 1.29 is 5.11 Å². The second-order valence-corrected chi connectivity index (χ2v) is 5.71. The van der Waals surface area contributed by atoms with Crippen LogP contribution < -0.4 is 0 Å². The Morgan fingerprint density at radius 1 is 1.53 bits per heavy atom. The van der Waals surface area contributed by atoms with Crippen molar-refractivity contribution in [3.63, 3.8) is 0 Å². The van der Waals surface area contributed by atoms with Crippen molar-refractivity contribution in [1.29, 1.82) is 0 Å². The van der Waals surface area contributed by atoms with E-state index in [0.717, 1.165) is 31.6 Å². The van der Waals surface area contributed by atoms with Gasteiger partial charge in [-0.1, -0.05) is 20.8 Å². The number of hydrogen-bond acceptors (Lipinski definition) is 3. The van der Waals surface area contributed by atoms with Crippen LogP contribution in [0.25, 0.3) is 0 Å². The van der Waals surface area contributed by atoms with Gasteiger partial charge in [0.1, 0.15) is 12.2 Å². The molecule has 2 rings (SSSR count). The molecule has 1 N–H and O–H groups in total. The SMILES string of the molecule is CCCn1ncnc1CC1(O)CC(C(C)C)C1. The number of aromatic nitrogens is 3. The zero-order valence-corrected chi connectivity index (χ0v) is 11.1. The van der Waals surface area contributed by atoms with E-state index in [-0.39, 0.29) is 0 Å². The zero-order valence-electron chi connectivity index (χ0n) is 11.1. The van der Waals surface area contributed by atoms with Gasteiger partial charge in [0, 0.05) is 13.0 Å². The van der Waals surface area contributed by atoms with E-state index in [1.54, 1.807) is 6.33 Å².